The molecule has 1 N–H and O–H groups in total. The van der Waals surface area contributed by atoms with E-state index in [1.165, 1.54) is 0 Å². The highest BCUT2D eigenvalue weighted by atomic mass is 16.5. The van der Waals surface area contributed by atoms with Crippen LogP contribution in [0.15, 0.2) is 65.2 Å². The lowest BCUT2D eigenvalue weighted by Crippen LogP contribution is -2.26. The van der Waals surface area contributed by atoms with E-state index in [2.05, 4.69) is 20.0 Å². The van der Waals surface area contributed by atoms with Crippen LogP contribution in [0.5, 0.6) is 0 Å². The maximum absolute atomic E-state index is 12.4. The van der Waals surface area contributed by atoms with Crippen LogP contribution in [0, 0.1) is 0 Å². The summed E-state index contributed by atoms with van der Waals surface area (Å²) in [5.41, 5.74) is 3.91. The zero-order chi connectivity index (χ0) is 19.5. The van der Waals surface area contributed by atoms with Crippen molar-refractivity contribution < 1.29 is 9.32 Å². The maximum Gasteiger partial charge on any atom is 0.289 e. The molecule has 0 aliphatic rings. The number of hydrogen-bond acceptors (Lipinski definition) is 4. The molecule has 1 atom stereocenters. The molecule has 0 unspecified atom stereocenters. The Labute approximate surface area is 163 Å². The van der Waals surface area contributed by atoms with Gasteiger partial charge in [-0.2, -0.15) is 0 Å². The van der Waals surface area contributed by atoms with Crippen molar-refractivity contribution in [3.8, 4) is 0 Å². The number of aromatic nitrogens is 3. The highest BCUT2D eigenvalue weighted by Gasteiger charge is 2.18. The standard InChI is InChI=1S/C22H22N4O2/c1-15(16-8-4-3-5-9-16)18-14-20(28-25-18)22(27)23-13-12-21-24-17-10-6-7-11-19(17)26(21)2/h3-11,14-15H,12-13H2,1-2H3,(H,23,27)/t15-/m0/s1. The first kappa shape index (κ1) is 18.0. The third-order valence-corrected chi connectivity index (χ3v) is 5.01. The molecule has 0 bridgehead atoms. The van der Waals surface area contributed by atoms with Crippen molar-refractivity contribution in [1.82, 2.24) is 20.0 Å². The molecule has 0 fully saturated rings. The maximum atomic E-state index is 12.4. The van der Waals surface area contributed by atoms with Gasteiger partial charge in [-0.05, 0) is 17.7 Å². The van der Waals surface area contributed by atoms with Gasteiger partial charge < -0.3 is 14.4 Å². The van der Waals surface area contributed by atoms with Gasteiger partial charge in [0.1, 0.15) is 5.82 Å². The molecule has 0 saturated heterocycles. The normalized spacial score (nSPS) is 12.2. The lowest BCUT2D eigenvalue weighted by atomic mass is 9.98. The number of fused-ring (bicyclic) bond motifs is 1. The molecule has 0 radical (unpaired) electrons. The summed E-state index contributed by atoms with van der Waals surface area (Å²) >= 11 is 0. The number of nitrogens with one attached hydrogen (secondary N) is 1. The van der Waals surface area contributed by atoms with Crippen LogP contribution in [0.2, 0.25) is 0 Å². The van der Waals surface area contributed by atoms with Crippen LogP contribution in [0.3, 0.4) is 0 Å². The first-order valence-corrected chi connectivity index (χ1v) is 9.33. The second-order valence-electron chi connectivity index (χ2n) is 6.83. The summed E-state index contributed by atoms with van der Waals surface area (Å²) in [4.78, 5) is 17.0. The smallest absolute Gasteiger partial charge is 0.289 e. The van der Waals surface area contributed by atoms with Gasteiger partial charge >= 0.3 is 0 Å². The summed E-state index contributed by atoms with van der Waals surface area (Å²) < 4.78 is 7.31. The van der Waals surface area contributed by atoms with Crippen molar-refractivity contribution in [3.05, 3.63) is 83.5 Å². The third-order valence-electron chi connectivity index (χ3n) is 5.01. The van der Waals surface area contributed by atoms with Crippen molar-refractivity contribution in [2.75, 3.05) is 6.54 Å². The average Bonchev–Trinajstić information content (AvgIpc) is 3.34. The predicted molar refractivity (Wildman–Crippen MR) is 107 cm³/mol. The van der Waals surface area contributed by atoms with E-state index < -0.39 is 0 Å². The molecule has 0 saturated carbocycles. The zero-order valence-electron chi connectivity index (χ0n) is 15.9. The molecule has 142 valence electrons. The minimum atomic E-state index is -0.266. The number of carbonyl (C=O) groups is 1. The van der Waals surface area contributed by atoms with Crippen LogP contribution >= 0.6 is 0 Å². The minimum absolute atomic E-state index is 0.0616. The fourth-order valence-electron chi connectivity index (χ4n) is 3.31. The van der Waals surface area contributed by atoms with Crippen LogP contribution in [0.1, 0.15) is 40.5 Å². The topological polar surface area (TPSA) is 73.0 Å². The van der Waals surface area contributed by atoms with E-state index in [4.69, 9.17) is 4.52 Å². The van der Waals surface area contributed by atoms with E-state index in [9.17, 15) is 4.79 Å². The number of carbonyl (C=O) groups excluding carboxylic acids is 1. The Morgan fingerprint density at radius 2 is 1.89 bits per heavy atom. The van der Waals surface area contributed by atoms with E-state index in [-0.39, 0.29) is 17.6 Å². The molecule has 6 heteroatoms. The van der Waals surface area contributed by atoms with Crippen LogP contribution < -0.4 is 5.32 Å². The van der Waals surface area contributed by atoms with E-state index in [0.717, 1.165) is 28.1 Å². The van der Waals surface area contributed by atoms with Crippen molar-refractivity contribution >= 4 is 16.9 Å². The summed E-state index contributed by atoms with van der Waals surface area (Å²) in [6.07, 6.45) is 0.637. The third kappa shape index (κ3) is 3.53. The lowest BCUT2D eigenvalue weighted by molar-refractivity contribution is 0.0917. The van der Waals surface area contributed by atoms with E-state index in [0.29, 0.717) is 13.0 Å². The van der Waals surface area contributed by atoms with Gasteiger partial charge in [0, 0.05) is 32.0 Å². The summed E-state index contributed by atoms with van der Waals surface area (Å²) in [7, 11) is 1.99. The van der Waals surface area contributed by atoms with Gasteiger partial charge in [0.25, 0.3) is 5.91 Å². The number of amides is 1. The van der Waals surface area contributed by atoms with E-state index >= 15 is 0 Å². The quantitative estimate of drug-likeness (QED) is 0.559. The van der Waals surface area contributed by atoms with Crippen molar-refractivity contribution in [2.45, 2.75) is 19.3 Å². The second kappa shape index (κ2) is 7.68. The van der Waals surface area contributed by atoms with E-state index in [1.54, 1.807) is 6.07 Å². The van der Waals surface area contributed by atoms with Gasteiger partial charge in [-0.15, -0.1) is 0 Å². The first-order chi connectivity index (χ1) is 13.6. The van der Waals surface area contributed by atoms with Gasteiger partial charge in [-0.3, -0.25) is 4.79 Å². The van der Waals surface area contributed by atoms with Crippen molar-refractivity contribution in [3.63, 3.8) is 0 Å². The minimum Gasteiger partial charge on any atom is -0.351 e. The zero-order valence-corrected chi connectivity index (χ0v) is 15.9. The Balaban J connectivity index is 1.38. The molecule has 2 aromatic carbocycles. The Morgan fingerprint density at radius 1 is 1.14 bits per heavy atom. The Kier molecular flexibility index (Phi) is 4.93. The summed E-state index contributed by atoms with van der Waals surface area (Å²) in [6.45, 7) is 2.51. The number of hydrogen-bond donors (Lipinski definition) is 1. The van der Waals surface area contributed by atoms with Crippen LogP contribution in [0.25, 0.3) is 11.0 Å². The molecule has 2 heterocycles. The largest absolute Gasteiger partial charge is 0.351 e. The fraction of sp³-hybridized carbons (Fsp3) is 0.227. The van der Waals surface area contributed by atoms with Crippen LogP contribution in [-0.4, -0.2) is 27.2 Å². The van der Waals surface area contributed by atoms with Crippen molar-refractivity contribution in [2.24, 2.45) is 7.05 Å². The van der Waals surface area contributed by atoms with Crippen LogP contribution in [-0.2, 0) is 13.5 Å². The number of nitrogens with zero attached hydrogens (tertiary/aromatic N) is 3. The molecule has 4 rings (SSSR count). The van der Waals surface area contributed by atoms with Crippen molar-refractivity contribution in [1.29, 1.82) is 0 Å². The summed E-state index contributed by atoms with van der Waals surface area (Å²) in [5.74, 6) is 0.949. The molecule has 6 nitrogen and oxygen atoms in total. The molecular weight excluding hydrogens is 352 g/mol. The predicted octanol–water partition coefficient (Wildman–Crippen LogP) is 3.69. The van der Waals surface area contributed by atoms with Gasteiger partial charge in [-0.1, -0.05) is 54.5 Å². The molecule has 28 heavy (non-hydrogen) atoms. The monoisotopic (exact) mass is 374 g/mol. The van der Waals surface area contributed by atoms with Gasteiger partial charge in [0.15, 0.2) is 0 Å². The molecule has 0 aliphatic carbocycles. The summed E-state index contributed by atoms with van der Waals surface area (Å²) in [5, 5.41) is 6.96. The first-order valence-electron chi connectivity index (χ1n) is 9.33. The Bertz CT molecular complexity index is 1100. The average molecular weight is 374 g/mol. The highest BCUT2D eigenvalue weighted by Crippen LogP contribution is 2.23. The Morgan fingerprint density at radius 3 is 2.68 bits per heavy atom. The molecular formula is C22H22N4O2. The Hall–Kier alpha value is -3.41. The molecule has 1 amide bonds. The highest BCUT2D eigenvalue weighted by molar-refractivity contribution is 5.91. The molecule has 4 aromatic rings. The number of rotatable bonds is 6. The molecule has 0 aliphatic heterocycles. The van der Waals surface area contributed by atoms with E-state index in [1.807, 2.05) is 68.6 Å². The molecule has 2 aromatic heterocycles. The van der Waals surface area contributed by atoms with Gasteiger partial charge in [-0.25, -0.2) is 4.98 Å². The number of para-hydroxylation sites is 2. The number of imidazole rings is 1. The van der Waals surface area contributed by atoms with Crippen LogP contribution in [0.4, 0.5) is 0 Å². The lowest BCUT2D eigenvalue weighted by Gasteiger charge is -2.06. The van der Waals surface area contributed by atoms with Gasteiger partial charge in [0.2, 0.25) is 5.76 Å². The SMILES string of the molecule is C[C@@H](c1ccccc1)c1cc(C(=O)NCCc2nc3ccccc3n2C)on1. The number of benzene rings is 2. The van der Waals surface area contributed by atoms with Gasteiger partial charge in [0.05, 0.1) is 16.7 Å². The fourth-order valence-corrected chi connectivity index (χ4v) is 3.31. The summed E-state index contributed by atoms with van der Waals surface area (Å²) in [6, 6.07) is 19.7. The second-order valence-corrected chi connectivity index (χ2v) is 6.83. The molecule has 0 spiro atoms. The number of aryl methyl sites for hydroxylation is 1.